The zero-order valence-electron chi connectivity index (χ0n) is 84.8. The van der Waals surface area contributed by atoms with Crippen LogP contribution in [0, 0.1) is 0 Å². The van der Waals surface area contributed by atoms with E-state index < -0.39 is 19.5 Å². The van der Waals surface area contributed by atoms with Crippen LogP contribution in [0.4, 0.5) is 41.4 Å². The van der Waals surface area contributed by atoms with E-state index in [-0.39, 0.29) is 99.2 Å². The van der Waals surface area contributed by atoms with Gasteiger partial charge in [-0.3, -0.25) is 36.9 Å². The number of carboxylic acid groups (broad SMARTS) is 2. The van der Waals surface area contributed by atoms with Gasteiger partial charge in [-0.2, -0.15) is 9.15 Å². The van der Waals surface area contributed by atoms with Crippen molar-refractivity contribution in [2.45, 2.75) is 230 Å². The van der Waals surface area contributed by atoms with Crippen LogP contribution in [-0.2, 0) is 78.1 Å². The largest absolute Gasteiger partial charge is 1.00 e. The van der Waals surface area contributed by atoms with E-state index in [0.29, 0.717) is 58.8 Å². The fraction of sp³-hybridized carbons (Fsp3) is 0.395. The average molecular weight is 2190 g/mol. The van der Waals surface area contributed by atoms with E-state index in [1.54, 1.807) is 0 Å². The number of carboxylic acids is 2. The van der Waals surface area contributed by atoms with Gasteiger partial charge < -0.3 is 91.8 Å². The first-order chi connectivity index (χ1) is 67.9. The van der Waals surface area contributed by atoms with Gasteiger partial charge in [-0.15, -0.1) is 0 Å². The van der Waals surface area contributed by atoms with E-state index >= 15 is 0 Å². The SMILES string of the molecule is CC1(Cc2ccccc2)C(/C=C/C=C/C=C2/N(CCOC=O)c3ccccc3C2(C)Cc2ccccc2)=[N+](CCC(=O)O)c2ccccc21.CCCCCCCCCCCC1(CCCCCCCCCC)\C(=C/C=C/C=C/C2=[N+](CCOC=O)c3ccccc3C2(C)C)N(CCC(=O)O)c2ccccc21.CN1C(=CC=CC=CC2=[N+](CCOC=O)CCS2)C(C)(C)c2c1ccc1ccccc21.FB(F)F.[F-].[I-].[I-]. The molecule has 0 radical (unpaired) electrons. The minimum absolute atomic E-state index is 0. The summed E-state index contributed by atoms with van der Waals surface area (Å²) in [6.45, 7) is 24.5. The number of para-hydroxylation sites is 4. The van der Waals surface area contributed by atoms with Crippen LogP contribution >= 0.6 is 11.8 Å². The van der Waals surface area contributed by atoms with Gasteiger partial charge in [0.05, 0.1) is 29.5 Å². The van der Waals surface area contributed by atoms with Gasteiger partial charge in [0.15, 0.2) is 37.6 Å². The highest BCUT2D eigenvalue weighted by Gasteiger charge is 2.50. The summed E-state index contributed by atoms with van der Waals surface area (Å²) in [5.41, 5.74) is 19.6. The van der Waals surface area contributed by atoms with Gasteiger partial charge in [-0.1, -0.05) is 367 Å². The number of nitrogens with zero attached hydrogens (tertiary/aromatic N) is 6. The Morgan fingerprint density at radius 2 is 0.874 bits per heavy atom. The summed E-state index contributed by atoms with van der Waals surface area (Å²) in [6, 6.07) is 68.2. The normalized spacial score (nSPS) is 18.5. The van der Waals surface area contributed by atoms with Crippen molar-refractivity contribution in [2.75, 3.05) is 86.6 Å². The Labute approximate surface area is 885 Å². The zero-order chi connectivity index (χ0) is 99.8. The zero-order valence-corrected chi connectivity index (χ0v) is 89.9. The minimum atomic E-state index is -3.67. The third-order valence-electron chi connectivity index (χ3n) is 28.2. The molecule has 143 heavy (non-hydrogen) atoms. The second-order valence-electron chi connectivity index (χ2n) is 38.3. The van der Waals surface area contributed by atoms with Crippen molar-refractivity contribution in [2.24, 2.45) is 0 Å². The number of fused-ring (bicyclic) bond motifs is 7. The number of carbonyl (C=O) groups excluding carboxylic acids is 3. The fourth-order valence-electron chi connectivity index (χ4n) is 21.5. The molecule has 0 aromatic heterocycles. The quantitative estimate of drug-likeness (QED) is 0.00539. The molecule has 6 heterocycles. The lowest BCUT2D eigenvalue weighted by atomic mass is 9.71. The van der Waals surface area contributed by atoms with Gasteiger partial charge in [-0.25, -0.2) is 4.58 Å². The number of anilines is 3. The van der Waals surface area contributed by atoms with Crippen molar-refractivity contribution in [3.8, 4) is 0 Å². The molecule has 0 saturated carbocycles. The Bertz CT molecular complexity index is 5870. The summed E-state index contributed by atoms with van der Waals surface area (Å²) in [7, 11) is -1.51. The Balaban J connectivity index is 0.000000263. The van der Waals surface area contributed by atoms with E-state index in [9.17, 15) is 47.1 Å². The van der Waals surface area contributed by atoms with Gasteiger partial charge in [0.25, 0.3) is 19.4 Å². The van der Waals surface area contributed by atoms with Crippen molar-refractivity contribution >= 4 is 106 Å². The van der Waals surface area contributed by atoms with Crippen molar-refractivity contribution in [3.63, 3.8) is 0 Å². The van der Waals surface area contributed by atoms with Crippen LogP contribution in [0.3, 0.4) is 0 Å². The van der Waals surface area contributed by atoms with Gasteiger partial charge in [-0.05, 0) is 128 Å². The minimum Gasteiger partial charge on any atom is -1.00 e. The maximum absolute atomic E-state index is 12.0. The number of allylic oxidation sites excluding steroid dienone is 17. The summed E-state index contributed by atoms with van der Waals surface area (Å²) < 4.78 is 50.8. The number of benzene rings is 8. The third kappa shape index (κ3) is 31.1. The molecule has 0 saturated heterocycles. The number of unbranched alkanes of at least 4 members (excludes halogenated alkanes) is 15. The number of aliphatic carboxylic acids is 2. The Morgan fingerprint density at radius 1 is 0.434 bits per heavy atom. The second-order valence-corrected chi connectivity index (χ2v) is 39.4. The highest BCUT2D eigenvalue weighted by molar-refractivity contribution is 8.14. The van der Waals surface area contributed by atoms with E-state index in [0.717, 1.165) is 78.7 Å². The molecule has 6 aliphatic heterocycles. The van der Waals surface area contributed by atoms with Crippen LogP contribution in [0.25, 0.3) is 10.8 Å². The average Bonchev–Trinajstić information content (AvgIpc) is 1.55. The molecule has 2 N–H and O–H groups in total. The Hall–Kier alpha value is -11.0. The summed E-state index contributed by atoms with van der Waals surface area (Å²) in [6.07, 6.45) is 57.9. The van der Waals surface area contributed by atoms with Gasteiger partial charge in [0.2, 0.25) is 16.4 Å². The molecule has 6 aliphatic rings. The first-order valence-electron chi connectivity index (χ1n) is 50.4. The van der Waals surface area contributed by atoms with Crippen LogP contribution in [-0.4, -0.2) is 151 Å². The molecular weight excluding hydrogens is 2050 g/mol. The number of carbonyl (C=O) groups is 5. The monoisotopic (exact) mass is 2190 g/mol. The lowest BCUT2D eigenvalue weighted by Crippen LogP contribution is -3.00. The standard InChI is InChI=1S/C50H72N2O4.C43H42N2O4.C26H29N2O2S.BF3.FH.2HI/c1-5-7-9-11-13-15-17-19-28-37-50(36-27-18-16-14-12-10-8-6-2)43-30-24-26-32-45(43)51(38-35-48(54)55)47(50)34-22-20-21-33-46-49(3,4)42-29-23-25-31-44(42)52(46)39-40-56-41-53;1-42(30-33-16-6-3-7-17-33)35-20-12-14-22-37(35)44(27-26-41(47)48)39(42)24-10-5-11-25-40-43(2,31-34-18-8-4-9-19-34)36-21-13-15-23-38(36)45(40)28-29-49-32-46;1-26(2)23(27(3)22-14-13-20-9-7-8-10-21(20)25(22)26)11-5-4-6-12-24-28(16-18-31-24)15-17-30-19-29;2-1(3)4;;;/h20-26,29-34,41H,5-19,27-28,35-40H2,1-4H3;3-25,32H,26-31H2,1-2H3;4-14,19H,15-18H2,1-3H3;;3*1H/q;;+1;;;;/p-1. The number of hydrogen-bond donors (Lipinski definition) is 2. The van der Waals surface area contributed by atoms with E-state index in [4.69, 9.17) is 14.2 Å². The number of thioether (sulfide) groups is 1. The molecule has 14 rings (SSSR count). The Kier molecular flexibility index (Phi) is 48.8. The smallest absolute Gasteiger partial charge is 0.762 e. The molecule has 24 heteroatoms. The summed E-state index contributed by atoms with van der Waals surface area (Å²) in [5.74, 6) is -0.511. The van der Waals surface area contributed by atoms with Crippen LogP contribution in [0.15, 0.2) is 302 Å². The molecule has 8 aromatic carbocycles. The number of rotatable bonds is 50. The number of ether oxygens (including phenoxy) is 3. The molecule has 8 aromatic rings. The Morgan fingerprint density at radius 3 is 1.44 bits per heavy atom. The summed E-state index contributed by atoms with van der Waals surface area (Å²) >= 11 is 1.84. The number of likely N-dealkylation sites (N-methyl/N-ethyl adjacent to an activating group) is 1. The van der Waals surface area contributed by atoms with Gasteiger partial charge in [0, 0.05) is 105 Å². The van der Waals surface area contributed by atoms with Crippen LogP contribution in [0.1, 0.15) is 229 Å². The predicted molar refractivity (Wildman–Crippen MR) is 570 cm³/mol. The maximum Gasteiger partial charge on any atom is 0.762 e. The van der Waals surface area contributed by atoms with Crippen molar-refractivity contribution in [1.82, 2.24) is 0 Å². The highest BCUT2D eigenvalue weighted by Crippen LogP contribution is 2.56. The molecule has 3 unspecified atom stereocenters. The van der Waals surface area contributed by atoms with Crippen molar-refractivity contribution in [1.29, 1.82) is 0 Å². The van der Waals surface area contributed by atoms with Crippen LogP contribution < -0.4 is 67.4 Å². The lowest BCUT2D eigenvalue weighted by molar-refractivity contribution is -0.518. The lowest BCUT2D eigenvalue weighted by Gasteiger charge is -2.34. The highest BCUT2D eigenvalue weighted by atomic mass is 127. The molecule has 0 fully saturated rings. The first kappa shape index (κ1) is 117. The number of halogens is 6. The van der Waals surface area contributed by atoms with Crippen LogP contribution in [0.5, 0.6) is 0 Å². The van der Waals surface area contributed by atoms with E-state index in [1.807, 2.05) is 36.0 Å². The van der Waals surface area contributed by atoms with Crippen LogP contribution in [0.2, 0.25) is 0 Å². The molecule has 0 spiro atoms. The third-order valence-corrected chi connectivity index (χ3v) is 29.3. The van der Waals surface area contributed by atoms with Crippen molar-refractivity contribution < 1.29 is 128 Å². The predicted octanol–water partition coefficient (Wildman–Crippen LogP) is 17.7. The summed E-state index contributed by atoms with van der Waals surface area (Å²) in [5, 5.41) is 23.3. The second kappa shape index (κ2) is 59.5. The molecule has 762 valence electrons. The topological polar surface area (TPSA) is 172 Å². The maximum atomic E-state index is 12.0. The van der Waals surface area contributed by atoms with E-state index in [1.165, 1.54) is 187 Å². The fourth-order valence-corrected chi connectivity index (χ4v) is 22.5. The number of hydrogen-bond acceptors (Lipinski definition) is 12. The molecular formula is C119H145BF4I2N6O10S. The first-order valence-corrected chi connectivity index (χ1v) is 51.4. The van der Waals surface area contributed by atoms with Gasteiger partial charge in [0.1, 0.15) is 26.2 Å². The molecule has 0 bridgehead atoms. The molecule has 0 aliphatic carbocycles. The molecule has 3 atom stereocenters. The molecule has 16 nitrogen and oxygen atoms in total. The van der Waals surface area contributed by atoms with Gasteiger partial charge >= 0.3 is 19.5 Å². The van der Waals surface area contributed by atoms with Crippen molar-refractivity contribution in [3.05, 3.63) is 341 Å². The molecule has 0 amide bonds. The summed E-state index contributed by atoms with van der Waals surface area (Å²) in [4.78, 5) is 63.0. The van der Waals surface area contributed by atoms with E-state index in [2.05, 4.69) is 352 Å².